The van der Waals surface area contributed by atoms with Crippen LogP contribution in [-0.2, 0) is 20.7 Å². The summed E-state index contributed by atoms with van der Waals surface area (Å²) >= 11 is 1.62. The third kappa shape index (κ3) is 5.04. The van der Waals surface area contributed by atoms with E-state index in [1.807, 2.05) is 38.3 Å². The first-order chi connectivity index (χ1) is 9.83. The molecule has 5 nitrogen and oxygen atoms in total. The minimum absolute atomic E-state index is 0.206. The third-order valence-corrected chi connectivity index (χ3v) is 3.97. The van der Waals surface area contributed by atoms with Crippen LogP contribution in [0.2, 0.25) is 0 Å². The normalized spacial score (nSPS) is 20.0. The van der Waals surface area contributed by atoms with Crippen molar-refractivity contribution < 1.29 is 19.1 Å². The molecular formula is C15H21NO4S. The van der Waals surface area contributed by atoms with Gasteiger partial charge in [-0.05, 0) is 38.6 Å². The average Bonchev–Trinajstić information content (AvgIpc) is 2.97. The van der Waals surface area contributed by atoms with Crippen molar-refractivity contribution in [2.24, 2.45) is 0 Å². The molecule has 0 unspecified atom stereocenters. The van der Waals surface area contributed by atoms with E-state index in [-0.39, 0.29) is 18.1 Å². The summed E-state index contributed by atoms with van der Waals surface area (Å²) in [5.74, 6) is -0.206. The summed E-state index contributed by atoms with van der Waals surface area (Å²) in [7, 11) is 0. The maximum Gasteiger partial charge on any atom is 0.408 e. The van der Waals surface area contributed by atoms with Crippen LogP contribution >= 0.6 is 11.3 Å². The van der Waals surface area contributed by atoms with Gasteiger partial charge in [-0.1, -0.05) is 6.07 Å². The highest BCUT2D eigenvalue weighted by atomic mass is 32.1. The van der Waals surface area contributed by atoms with Crippen LogP contribution in [0.3, 0.4) is 0 Å². The van der Waals surface area contributed by atoms with Crippen molar-refractivity contribution >= 4 is 23.4 Å². The summed E-state index contributed by atoms with van der Waals surface area (Å²) < 4.78 is 10.6. The molecule has 2 atom stereocenters. The number of hydrogen-bond donors (Lipinski definition) is 1. The predicted molar refractivity (Wildman–Crippen MR) is 80.3 cm³/mol. The molecule has 0 aromatic carbocycles. The van der Waals surface area contributed by atoms with Crippen LogP contribution in [0.15, 0.2) is 17.5 Å². The Balaban J connectivity index is 2.01. The Morgan fingerprint density at radius 3 is 2.86 bits per heavy atom. The van der Waals surface area contributed by atoms with Crippen LogP contribution in [0.4, 0.5) is 4.79 Å². The average molecular weight is 311 g/mol. The molecule has 0 radical (unpaired) electrons. The molecule has 1 saturated heterocycles. The molecule has 1 fully saturated rings. The SMILES string of the molecule is CC(C)(C)OC(=O)N[C@@H](Cc1cccs1)[C@@H]1CCC(=O)O1. The fourth-order valence-corrected chi connectivity index (χ4v) is 2.97. The predicted octanol–water partition coefficient (Wildman–Crippen LogP) is 2.89. The van der Waals surface area contributed by atoms with E-state index in [0.29, 0.717) is 19.3 Å². The second-order valence-corrected chi connectivity index (χ2v) is 7.14. The zero-order valence-corrected chi connectivity index (χ0v) is 13.4. The number of hydrogen-bond acceptors (Lipinski definition) is 5. The summed E-state index contributed by atoms with van der Waals surface area (Å²) in [6.45, 7) is 5.45. The van der Waals surface area contributed by atoms with Crippen LogP contribution in [0.5, 0.6) is 0 Å². The summed E-state index contributed by atoms with van der Waals surface area (Å²) in [5.41, 5.74) is -0.552. The number of cyclic esters (lactones) is 1. The van der Waals surface area contributed by atoms with Crippen molar-refractivity contribution in [2.75, 3.05) is 0 Å². The molecule has 1 aromatic rings. The van der Waals surface area contributed by atoms with E-state index >= 15 is 0 Å². The molecule has 2 rings (SSSR count). The van der Waals surface area contributed by atoms with Gasteiger partial charge in [0.25, 0.3) is 0 Å². The van der Waals surface area contributed by atoms with Gasteiger partial charge < -0.3 is 14.8 Å². The first-order valence-electron chi connectivity index (χ1n) is 7.05. The van der Waals surface area contributed by atoms with Crippen LogP contribution in [-0.4, -0.2) is 29.8 Å². The van der Waals surface area contributed by atoms with Crippen LogP contribution in [0.1, 0.15) is 38.5 Å². The number of ether oxygens (including phenoxy) is 2. The molecule has 1 aliphatic rings. The zero-order chi connectivity index (χ0) is 15.5. The van der Waals surface area contributed by atoms with Gasteiger partial charge in [0.15, 0.2) is 0 Å². The van der Waals surface area contributed by atoms with Crippen molar-refractivity contribution in [3.63, 3.8) is 0 Å². The first kappa shape index (κ1) is 15.8. The maximum atomic E-state index is 12.0. The van der Waals surface area contributed by atoms with Gasteiger partial charge in [-0.25, -0.2) is 4.79 Å². The monoisotopic (exact) mass is 311 g/mol. The molecule has 116 valence electrons. The van der Waals surface area contributed by atoms with E-state index in [2.05, 4.69) is 5.32 Å². The lowest BCUT2D eigenvalue weighted by Crippen LogP contribution is -2.46. The number of alkyl carbamates (subject to hydrolysis) is 1. The van der Waals surface area contributed by atoms with Gasteiger partial charge in [0, 0.05) is 17.7 Å². The number of carbonyl (C=O) groups excluding carboxylic acids is 2. The highest BCUT2D eigenvalue weighted by molar-refractivity contribution is 7.09. The van der Waals surface area contributed by atoms with E-state index in [1.165, 1.54) is 0 Å². The summed E-state index contributed by atoms with van der Waals surface area (Å²) in [6, 6.07) is 3.71. The fourth-order valence-electron chi connectivity index (χ4n) is 2.21. The number of esters is 1. The molecule has 21 heavy (non-hydrogen) atoms. The molecule has 0 spiro atoms. The Morgan fingerprint density at radius 2 is 2.33 bits per heavy atom. The number of nitrogens with one attached hydrogen (secondary N) is 1. The Morgan fingerprint density at radius 1 is 1.57 bits per heavy atom. The molecule has 1 N–H and O–H groups in total. The van der Waals surface area contributed by atoms with E-state index < -0.39 is 11.7 Å². The maximum absolute atomic E-state index is 12.0. The van der Waals surface area contributed by atoms with Gasteiger partial charge in [-0.2, -0.15) is 0 Å². The van der Waals surface area contributed by atoms with Crippen LogP contribution < -0.4 is 5.32 Å². The molecule has 1 amide bonds. The summed E-state index contributed by atoms with van der Waals surface area (Å²) in [6.07, 6.45) is 0.903. The third-order valence-electron chi connectivity index (χ3n) is 3.07. The van der Waals surface area contributed by atoms with E-state index in [4.69, 9.17) is 9.47 Å². The van der Waals surface area contributed by atoms with Gasteiger partial charge in [0.2, 0.25) is 0 Å². The van der Waals surface area contributed by atoms with E-state index in [9.17, 15) is 9.59 Å². The molecule has 2 heterocycles. The molecule has 0 aliphatic carbocycles. The van der Waals surface area contributed by atoms with E-state index in [1.54, 1.807) is 11.3 Å². The van der Waals surface area contributed by atoms with Crippen molar-refractivity contribution in [3.8, 4) is 0 Å². The molecule has 6 heteroatoms. The van der Waals surface area contributed by atoms with Crippen LogP contribution in [0.25, 0.3) is 0 Å². The van der Waals surface area contributed by atoms with Gasteiger partial charge in [-0.15, -0.1) is 11.3 Å². The van der Waals surface area contributed by atoms with E-state index in [0.717, 1.165) is 4.88 Å². The minimum atomic E-state index is -0.552. The second-order valence-electron chi connectivity index (χ2n) is 6.10. The minimum Gasteiger partial charge on any atom is -0.460 e. The molecule has 0 bridgehead atoms. The topological polar surface area (TPSA) is 64.6 Å². The highest BCUT2D eigenvalue weighted by Crippen LogP contribution is 2.22. The second kappa shape index (κ2) is 6.47. The molecule has 1 aliphatic heterocycles. The Hall–Kier alpha value is -1.56. The molecule has 0 saturated carbocycles. The van der Waals surface area contributed by atoms with Crippen molar-refractivity contribution in [1.29, 1.82) is 0 Å². The van der Waals surface area contributed by atoms with Gasteiger partial charge in [0.1, 0.15) is 11.7 Å². The van der Waals surface area contributed by atoms with Gasteiger partial charge in [0.05, 0.1) is 6.04 Å². The lowest BCUT2D eigenvalue weighted by molar-refractivity contribution is -0.142. The zero-order valence-electron chi connectivity index (χ0n) is 12.5. The Bertz CT molecular complexity index is 492. The molecule has 1 aromatic heterocycles. The standard InChI is InChI=1S/C15H21NO4S/c1-15(2,3)20-14(18)16-11(9-10-5-4-8-21-10)12-6-7-13(17)19-12/h4-5,8,11-12H,6-7,9H2,1-3H3,(H,16,18)/t11-,12-/m0/s1. The summed E-state index contributed by atoms with van der Waals surface area (Å²) in [5, 5.41) is 4.83. The Kier molecular flexibility index (Phi) is 4.88. The lowest BCUT2D eigenvalue weighted by atomic mass is 10.0. The van der Waals surface area contributed by atoms with Crippen LogP contribution in [0, 0.1) is 0 Å². The summed E-state index contributed by atoms with van der Waals surface area (Å²) in [4.78, 5) is 24.4. The lowest BCUT2D eigenvalue weighted by Gasteiger charge is -2.26. The first-order valence-corrected chi connectivity index (χ1v) is 7.93. The largest absolute Gasteiger partial charge is 0.460 e. The van der Waals surface area contributed by atoms with Crippen molar-refractivity contribution in [2.45, 2.75) is 57.8 Å². The smallest absolute Gasteiger partial charge is 0.408 e. The number of rotatable bonds is 4. The fraction of sp³-hybridized carbons (Fsp3) is 0.600. The number of carbonyl (C=O) groups is 2. The van der Waals surface area contributed by atoms with Crippen molar-refractivity contribution in [3.05, 3.63) is 22.4 Å². The number of amides is 1. The Labute approximate surface area is 128 Å². The van der Waals surface area contributed by atoms with Gasteiger partial charge >= 0.3 is 12.1 Å². The van der Waals surface area contributed by atoms with Crippen molar-refractivity contribution in [1.82, 2.24) is 5.32 Å². The molecular weight excluding hydrogens is 290 g/mol. The van der Waals surface area contributed by atoms with Gasteiger partial charge in [-0.3, -0.25) is 4.79 Å². The highest BCUT2D eigenvalue weighted by Gasteiger charge is 2.33. The quantitative estimate of drug-likeness (QED) is 0.868. The number of thiophene rings is 1.